The van der Waals surface area contributed by atoms with E-state index >= 15 is 0 Å². The first-order valence-electron chi connectivity index (χ1n) is 16.8. The van der Waals surface area contributed by atoms with Gasteiger partial charge < -0.3 is 9.13 Å². The van der Waals surface area contributed by atoms with Crippen LogP contribution in [0.15, 0.2) is 133 Å². The van der Waals surface area contributed by atoms with Gasteiger partial charge >= 0.3 is 0 Å². The number of aromatic nitrogens is 2. The molecular formula is C46H31N5. The minimum absolute atomic E-state index is 0.512. The molecule has 0 N–H and O–H groups in total. The molecule has 0 saturated carbocycles. The van der Waals surface area contributed by atoms with Crippen molar-refractivity contribution in [2.24, 2.45) is 0 Å². The van der Waals surface area contributed by atoms with E-state index in [9.17, 15) is 15.8 Å². The third kappa shape index (κ3) is 5.24. The number of rotatable bonds is 5. The molecule has 0 spiro atoms. The standard InChI is InChI=1S/C46H31N5/c1-30(27-47)23-41-31(2)50(46-24-32(28-48)19-22-40(41)46)45-26-34(20-21-36(45)29-49)33-11-10-12-35(25-33)37-13-6-8-17-42(37)51-43-16-5-3-4-14-38(43)39-15-7-9-18-44(39)51/h3-15,17-26H,16H2,1-2H3/b30-23+. The Kier molecular flexibility index (Phi) is 7.77. The molecule has 1 aliphatic carbocycles. The van der Waals surface area contributed by atoms with Crippen molar-refractivity contribution in [2.45, 2.75) is 20.3 Å². The van der Waals surface area contributed by atoms with Crippen LogP contribution in [0, 0.1) is 40.9 Å². The first-order chi connectivity index (χ1) is 25.0. The molecule has 2 aromatic heterocycles. The summed E-state index contributed by atoms with van der Waals surface area (Å²) in [4.78, 5) is 0. The van der Waals surface area contributed by atoms with Crippen molar-refractivity contribution in [2.75, 3.05) is 0 Å². The summed E-state index contributed by atoms with van der Waals surface area (Å²) in [5.74, 6) is 0. The van der Waals surface area contributed by atoms with E-state index in [2.05, 4.69) is 126 Å². The van der Waals surface area contributed by atoms with E-state index in [4.69, 9.17) is 0 Å². The number of fused-ring (bicyclic) bond motifs is 4. The smallest absolute Gasteiger partial charge is 0.101 e. The molecule has 1 aliphatic rings. The third-order valence-corrected chi connectivity index (χ3v) is 9.77. The Morgan fingerprint density at radius 1 is 0.686 bits per heavy atom. The number of nitrogens with zero attached hydrogens (tertiary/aromatic N) is 5. The van der Waals surface area contributed by atoms with E-state index in [0.29, 0.717) is 16.7 Å². The Morgan fingerprint density at radius 3 is 2.33 bits per heavy atom. The van der Waals surface area contributed by atoms with Crippen molar-refractivity contribution >= 4 is 34.0 Å². The van der Waals surface area contributed by atoms with Crippen molar-refractivity contribution in [1.29, 1.82) is 15.8 Å². The fraction of sp³-hybridized carbons (Fsp3) is 0.0652. The van der Waals surface area contributed by atoms with E-state index in [-0.39, 0.29) is 0 Å². The average Bonchev–Trinajstić information content (AvgIpc) is 3.49. The first kappa shape index (κ1) is 31.2. The second-order valence-corrected chi connectivity index (χ2v) is 12.8. The SMILES string of the molecule is C/C(C#N)=C\c1c(C)n(-c2cc(-c3cccc(-c4ccccc4-n4c5c(c6ccccc64)C=CC=CC5)c3)ccc2C#N)c2cc(C#N)ccc12. The highest BCUT2D eigenvalue weighted by atomic mass is 15.0. The van der Waals surface area contributed by atoms with E-state index in [1.807, 2.05) is 41.8 Å². The van der Waals surface area contributed by atoms with Crippen molar-refractivity contribution in [3.63, 3.8) is 0 Å². The summed E-state index contributed by atoms with van der Waals surface area (Å²) in [6, 6.07) is 44.1. The summed E-state index contributed by atoms with van der Waals surface area (Å²) in [6.07, 6.45) is 11.4. The number of nitriles is 3. The van der Waals surface area contributed by atoms with Crippen molar-refractivity contribution < 1.29 is 0 Å². The Labute approximate surface area is 296 Å². The molecule has 7 aromatic rings. The zero-order valence-electron chi connectivity index (χ0n) is 28.2. The van der Waals surface area contributed by atoms with Gasteiger partial charge in [0.15, 0.2) is 0 Å². The fourth-order valence-corrected chi connectivity index (χ4v) is 7.41. The maximum absolute atomic E-state index is 10.3. The summed E-state index contributed by atoms with van der Waals surface area (Å²) >= 11 is 0. The molecule has 0 aliphatic heterocycles. The Hall–Kier alpha value is -7.13. The molecule has 0 unspecified atom stereocenters. The lowest BCUT2D eigenvalue weighted by Gasteiger charge is -2.17. The van der Waals surface area contributed by atoms with E-state index in [0.717, 1.165) is 62.2 Å². The van der Waals surface area contributed by atoms with Crippen LogP contribution in [0.4, 0.5) is 0 Å². The minimum atomic E-state index is 0.512. The van der Waals surface area contributed by atoms with Crippen LogP contribution in [0.5, 0.6) is 0 Å². The van der Waals surface area contributed by atoms with Gasteiger partial charge in [0.2, 0.25) is 0 Å². The molecule has 0 fully saturated rings. The fourth-order valence-electron chi connectivity index (χ4n) is 7.41. The monoisotopic (exact) mass is 653 g/mol. The van der Waals surface area contributed by atoms with Gasteiger partial charge in [-0.15, -0.1) is 0 Å². The van der Waals surface area contributed by atoms with Gasteiger partial charge in [0.1, 0.15) is 6.07 Å². The molecule has 51 heavy (non-hydrogen) atoms. The number of hydrogen-bond acceptors (Lipinski definition) is 3. The molecule has 0 bridgehead atoms. The minimum Gasteiger partial charge on any atom is -0.312 e. The van der Waals surface area contributed by atoms with Gasteiger partial charge in [-0.1, -0.05) is 91.0 Å². The largest absolute Gasteiger partial charge is 0.312 e. The van der Waals surface area contributed by atoms with Crippen LogP contribution in [-0.4, -0.2) is 9.13 Å². The lowest BCUT2D eigenvalue weighted by molar-refractivity contribution is 1.00. The highest BCUT2D eigenvalue weighted by molar-refractivity contribution is 5.96. The predicted octanol–water partition coefficient (Wildman–Crippen LogP) is 11.0. The molecule has 5 heteroatoms. The van der Waals surface area contributed by atoms with Gasteiger partial charge in [-0.2, -0.15) is 15.8 Å². The lowest BCUT2D eigenvalue weighted by Crippen LogP contribution is -2.02. The molecular weight excluding hydrogens is 623 g/mol. The number of benzene rings is 5. The molecule has 0 radical (unpaired) electrons. The maximum atomic E-state index is 10.3. The Balaban J connectivity index is 1.30. The quantitative estimate of drug-likeness (QED) is 0.173. The van der Waals surface area contributed by atoms with Gasteiger partial charge in [-0.25, -0.2) is 0 Å². The van der Waals surface area contributed by atoms with Crippen molar-refractivity contribution in [3.05, 3.63) is 167 Å². The first-order valence-corrected chi connectivity index (χ1v) is 16.8. The second kappa shape index (κ2) is 12.7. The highest BCUT2D eigenvalue weighted by Gasteiger charge is 2.21. The van der Waals surface area contributed by atoms with Crippen LogP contribution in [0.1, 0.15) is 40.6 Å². The maximum Gasteiger partial charge on any atom is 0.101 e. The highest BCUT2D eigenvalue weighted by Crippen LogP contribution is 2.39. The summed E-state index contributed by atoms with van der Waals surface area (Å²) in [5, 5.41) is 31.8. The molecule has 0 saturated heterocycles. The lowest BCUT2D eigenvalue weighted by atomic mass is 9.96. The van der Waals surface area contributed by atoms with Gasteiger partial charge in [-0.3, -0.25) is 0 Å². The van der Waals surface area contributed by atoms with Gasteiger partial charge in [0, 0.05) is 50.8 Å². The van der Waals surface area contributed by atoms with Crippen LogP contribution in [0.2, 0.25) is 0 Å². The number of para-hydroxylation sites is 2. The van der Waals surface area contributed by atoms with Gasteiger partial charge in [0.25, 0.3) is 0 Å². The van der Waals surface area contributed by atoms with Crippen LogP contribution < -0.4 is 0 Å². The predicted molar refractivity (Wildman–Crippen MR) is 206 cm³/mol. The summed E-state index contributed by atoms with van der Waals surface area (Å²) in [5.41, 5.74) is 13.9. The zero-order valence-corrected chi connectivity index (χ0v) is 28.2. The molecule has 8 rings (SSSR count). The summed E-state index contributed by atoms with van der Waals surface area (Å²) in [7, 11) is 0. The van der Waals surface area contributed by atoms with Gasteiger partial charge in [0.05, 0.1) is 45.7 Å². The number of allylic oxidation sites excluding steroid dienone is 4. The molecule has 5 nitrogen and oxygen atoms in total. The van der Waals surface area contributed by atoms with E-state index < -0.39 is 0 Å². The van der Waals surface area contributed by atoms with Crippen LogP contribution in [0.3, 0.4) is 0 Å². The van der Waals surface area contributed by atoms with Crippen molar-refractivity contribution in [1.82, 2.24) is 9.13 Å². The molecule has 2 heterocycles. The van der Waals surface area contributed by atoms with Crippen molar-refractivity contribution in [3.8, 4) is 51.8 Å². The molecule has 240 valence electrons. The average molecular weight is 654 g/mol. The summed E-state index contributed by atoms with van der Waals surface area (Å²) in [6.45, 7) is 3.77. The van der Waals surface area contributed by atoms with E-state index in [1.54, 1.807) is 13.0 Å². The Morgan fingerprint density at radius 2 is 1.49 bits per heavy atom. The zero-order chi connectivity index (χ0) is 35.1. The molecule has 5 aromatic carbocycles. The van der Waals surface area contributed by atoms with Crippen LogP contribution in [0.25, 0.3) is 67.6 Å². The summed E-state index contributed by atoms with van der Waals surface area (Å²) < 4.78 is 4.45. The Bertz CT molecular complexity index is 2780. The third-order valence-electron chi connectivity index (χ3n) is 9.77. The normalized spacial score (nSPS) is 12.3. The van der Waals surface area contributed by atoms with Crippen LogP contribution in [-0.2, 0) is 6.42 Å². The van der Waals surface area contributed by atoms with E-state index in [1.165, 1.54) is 22.2 Å². The van der Waals surface area contributed by atoms with Crippen LogP contribution >= 0.6 is 0 Å². The van der Waals surface area contributed by atoms with Gasteiger partial charge in [-0.05, 0) is 79.1 Å². The molecule has 0 amide bonds. The molecule has 0 atom stereocenters. The second-order valence-electron chi connectivity index (χ2n) is 12.8. The topological polar surface area (TPSA) is 81.2 Å². The number of hydrogen-bond donors (Lipinski definition) is 0.